The van der Waals surface area contributed by atoms with Crippen molar-refractivity contribution < 1.29 is 4.39 Å². The third-order valence-electron chi connectivity index (χ3n) is 2.19. The summed E-state index contributed by atoms with van der Waals surface area (Å²) in [6, 6.07) is 0. The van der Waals surface area contributed by atoms with Crippen LogP contribution in [0.15, 0.2) is 16.3 Å². The quantitative estimate of drug-likeness (QED) is 0.591. The van der Waals surface area contributed by atoms with Gasteiger partial charge in [-0.05, 0) is 31.8 Å². The van der Waals surface area contributed by atoms with Gasteiger partial charge in [-0.15, -0.1) is 0 Å². The van der Waals surface area contributed by atoms with E-state index in [1.165, 1.54) is 0 Å². The van der Waals surface area contributed by atoms with Crippen LogP contribution in [0.3, 0.4) is 0 Å². The van der Waals surface area contributed by atoms with Crippen molar-refractivity contribution in [1.29, 1.82) is 0 Å². The zero-order valence-corrected chi connectivity index (χ0v) is 9.26. The molecule has 0 bridgehead atoms. The van der Waals surface area contributed by atoms with E-state index in [1.807, 2.05) is 20.8 Å². The lowest BCUT2D eigenvalue weighted by Crippen LogP contribution is -2.06. The van der Waals surface area contributed by atoms with E-state index in [2.05, 4.69) is 18.8 Å². The standard InChI is InChI=1S/C11H20FN/c1-6-10(12)11(13-7-2)9(5)8(3)4/h7-8,10H,6H2,1-5H3/b11-9+,13-7?. The largest absolute Gasteiger partial charge is 0.263 e. The van der Waals surface area contributed by atoms with Gasteiger partial charge >= 0.3 is 0 Å². The van der Waals surface area contributed by atoms with E-state index in [-0.39, 0.29) is 0 Å². The number of rotatable bonds is 4. The molecule has 0 aromatic carbocycles. The Morgan fingerprint density at radius 3 is 2.31 bits per heavy atom. The predicted octanol–water partition coefficient (Wildman–Crippen LogP) is 3.76. The van der Waals surface area contributed by atoms with Crippen molar-refractivity contribution in [3.05, 3.63) is 11.3 Å². The summed E-state index contributed by atoms with van der Waals surface area (Å²) in [6.07, 6.45) is 1.24. The third-order valence-corrected chi connectivity index (χ3v) is 2.19. The van der Waals surface area contributed by atoms with Gasteiger partial charge in [0.2, 0.25) is 0 Å². The van der Waals surface area contributed by atoms with Crippen LogP contribution < -0.4 is 0 Å². The minimum absolute atomic E-state index is 0.364. The first kappa shape index (κ1) is 12.3. The molecule has 0 N–H and O–H groups in total. The zero-order chi connectivity index (χ0) is 10.4. The van der Waals surface area contributed by atoms with Crippen LogP contribution in [0.5, 0.6) is 0 Å². The molecule has 0 amide bonds. The van der Waals surface area contributed by atoms with E-state index in [4.69, 9.17) is 0 Å². The molecule has 2 heteroatoms. The van der Waals surface area contributed by atoms with Gasteiger partial charge in [0.05, 0.1) is 5.70 Å². The van der Waals surface area contributed by atoms with Gasteiger partial charge in [-0.25, -0.2) is 4.39 Å². The zero-order valence-electron chi connectivity index (χ0n) is 9.26. The lowest BCUT2D eigenvalue weighted by molar-refractivity contribution is 0.365. The Labute approximate surface area is 80.8 Å². The monoisotopic (exact) mass is 185 g/mol. The number of nitrogens with zero attached hydrogens (tertiary/aromatic N) is 1. The second kappa shape index (κ2) is 5.90. The first-order valence-corrected chi connectivity index (χ1v) is 4.87. The summed E-state index contributed by atoms with van der Waals surface area (Å²) >= 11 is 0. The Hall–Kier alpha value is -0.660. The average Bonchev–Trinajstić information content (AvgIpc) is 2.11. The lowest BCUT2D eigenvalue weighted by Gasteiger charge is -2.13. The van der Waals surface area contributed by atoms with Crippen molar-refractivity contribution in [2.75, 3.05) is 0 Å². The third kappa shape index (κ3) is 3.71. The molecule has 0 aliphatic carbocycles. The highest BCUT2D eigenvalue weighted by molar-refractivity contribution is 5.55. The molecular formula is C11H20FN. The first-order valence-electron chi connectivity index (χ1n) is 4.87. The summed E-state index contributed by atoms with van der Waals surface area (Å²) in [5.74, 6) is 0.364. The summed E-state index contributed by atoms with van der Waals surface area (Å²) in [5, 5.41) is 0. The Morgan fingerprint density at radius 1 is 1.46 bits per heavy atom. The molecule has 0 aromatic rings. The van der Waals surface area contributed by atoms with E-state index in [9.17, 15) is 4.39 Å². The Bertz CT molecular complexity index is 204. The van der Waals surface area contributed by atoms with Crippen LogP contribution in [0, 0.1) is 5.92 Å². The Kier molecular flexibility index (Phi) is 5.60. The van der Waals surface area contributed by atoms with Crippen LogP contribution in [0.1, 0.15) is 41.0 Å². The summed E-state index contributed by atoms with van der Waals surface area (Å²) in [6.45, 7) is 9.72. The first-order chi connectivity index (χ1) is 6.04. The van der Waals surface area contributed by atoms with Crippen molar-refractivity contribution in [1.82, 2.24) is 0 Å². The molecule has 0 saturated carbocycles. The maximum absolute atomic E-state index is 13.4. The summed E-state index contributed by atoms with van der Waals surface area (Å²) < 4.78 is 13.4. The number of hydrogen-bond donors (Lipinski definition) is 0. The van der Waals surface area contributed by atoms with E-state index in [1.54, 1.807) is 6.21 Å². The maximum atomic E-state index is 13.4. The van der Waals surface area contributed by atoms with E-state index < -0.39 is 6.17 Å². The van der Waals surface area contributed by atoms with Gasteiger partial charge in [-0.2, -0.15) is 0 Å². The van der Waals surface area contributed by atoms with Crippen LogP contribution in [-0.2, 0) is 0 Å². The predicted molar refractivity (Wildman–Crippen MR) is 56.9 cm³/mol. The van der Waals surface area contributed by atoms with Crippen LogP contribution in [-0.4, -0.2) is 12.4 Å². The molecule has 0 heterocycles. The fourth-order valence-electron chi connectivity index (χ4n) is 1.06. The van der Waals surface area contributed by atoms with Crippen molar-refractivity contribution in [2.45, 2.75) is 47.2 Å². The van der Waals surface area contributed by atoms with Crippen LogP contribution in [0.25, 0.3) is 0 Å². The molecule has 0 radical (unpaired) electrons. The molecule has 76 valence electrons. The van der Waals surface area contributed by atoms with E-state index in [0.717, 1.165) is 5.57 Å². The highest BCUT2D eigenvalue weighted by Gasteiger charge is 2.14. The molecule has 13 heavy (non-hydrogen) atoms. The number of halogens is 1. The number of aliphatic imine (C=N–C) groups is 1. The van der Waals surface area contributed by atoms with Gasteiger partial charge in [0.1, 0.15) is 6.17 Å². The average molecular weight is 185 g/mol. The summed E-state index contributed by atoms with van der Waals surface area (Å²) in [4.78, 5) is 4.10. The van der Waals surface area contributed by atoms with Gasteiger partial charge < -0.3 is 0 Å². The van der Waals surface area contributed by atoms with Gasteiger partial charge in [-0.3, -0.25) is 4.99 Å². The Balaban J connectivity index is 4.87. The second-order valence-corrected chi connectivity index (χ2v) is 3.49. The van der Waals surface area contributed by atoms with Crippen molar-refractivity contribution in [2.24, 2.45) is 10.9 Å². The van der Waals surface area contributed by atoms with Crippen molar-refractivity contribution in [3.8, 4) is 0 Å². The lowest BCUT2D eigenvalue weighted by atomic mass is 10.00. The molecule has 0 aliphatic heterocycles. The maximum Gasteiger partial charge on any atom is 0.142 e. The molecular weight excluding hydrogens is 165 g/mol. The van der Waals surface area contributed by atoms with Crippen molar-refractivity contribution in [3.63, 3.8) is 0 Å². The normalized spacial score (nSPS) is 16.5. The molecule has 1 unspecified atom stereocenters. The summed E-state index contributed by atoms with van der Waals surface area (Å²) in [5.41, 5.74) is 1.66. The van der Waals surface area contributed by atoms with E-state index in [0.29, 0.717) is 18.0 Å². The fraction of sp³-hybridized carbons (Fsp3) is 0.727. The fourth-order valence-corrected chi connectivity index (χ4v) is 1.06. The minimum Gasteiger partial charge on any atom is -0.263 e. The second-order valence-electron chi connectivity index (χ2n) is 3.49. The highest BCUT2D eigenvalue weighted by atomic mass is 19.1. The topological polar surface area (TPSA) is 12.4 Å². The van der Waals surface area contributed by atoms with Crippen molar-refractivity contribution >= 4 is 6.21 Å². The molecule has 0 aromatic heterocycles. The minimum atomic E-state index is -0.918. The van der Waals surface area contributed by atoms with Crippen LogP contribution in [0.2, 0.25) is 0 Å². The molecule has 0 rings (SSSR count). The number of alkyl halides is 1. The summed E-state index contributed by atoms with van der Waals surface area (Å²) in [7, 11) is 0. The van der Waals surface area contributed by atoms with Crippen LogP contribution >= 0.6 is 0 Å². The molecule has 0 saturated heterocycles. The van der Waals surface area contributed by atoms with Gasteiger partial charge in [0, 0.05) is 6.21 Å². The molecule has 1 atom stereocenters. The number of allylic oxidation sites excluding steroid dienone is 2. The van der Waals surface area contributed by atoms with Gasteiger partial charge in [0.15, 0.2) is 0 Å². The van der Waals surface area contributed by atoms with Gasteiger partial charge in [-0.1, -0.05) is 20.8 Å². The van der Waals surface area contributed by atoms with Gasteiger partial charge in [0.25, 0.3) is 0 Å². The highest BCUT2D eigenvalue weighted by Crippen LogP contribution is 2.21. The molecule has 0 spiro atoms. The van der Waals surface area contributed by atoms with Crippen LogP contribution in [0.4, 0.5) is 4.39 Å². The molecule has 1 nitrogen and oxygen atoms in total. The smallest absolute Gasteiger partial charge is 0.142 e. The SMILES string of the molecule is CC=N/C(=C(\C)C(C)C)C(F)CC. The molecule has 0 fully saturated rings. The van der Waals surface area contributed by atoms with E-state index >= 15 is 0 Å². The Morgan fingerprint density at radius 2 is 2.00 bits per heavy atom. The molecule has 0 aliphatic rings. The number of hydrogen-bond acceptors (Lipinski definition) is 1.